The second-order valence-electron chi connectivity index (χ2n) is 4.91. The summed E-state index contributed by atoms with van der Waals surface area (Å²) in [5.41, 5.74) is 0. The molecule has 116 valence electrons. The van der Waals surface area contributed by atoms with Gasteiger partial charge in [-0.25, -0.2) is 8.42 Å². The fourth-order valence-electron chi connectivity index (χ4n) is 2.37. The zero-order valence-electron chi connectivity index (χ0n) is 11.8. The third-order valence-corrected chi connectivity index (χ3v) is 6.05. The third-order valence-electron chi connectivity index (χ3n) is 3.46. The molecule has 2 rings (SSSR count). The van der Waals surface area contributed by atoms with Crippen molar-refractivity contribution in [3.63, 3.8) is 0 Å². The molecule has 0 spiro atoms. The van der Waals surface area contributed by atoms with Gasteiger partial charge >= 0.3 is 5.97 Å². The molecule has 0 aromatic heterocycles. The number of hydrogen-bond acceptors (Lipinski definition) is 4. The van der Waals surface area contributed by atoms with Crippen LogP contribution in [0.1, 0.15) is 19.8 Å². The zero-order valence-corrected chi connectivity index (χ0v) is 14.8. The summed E-state index contributed by atoms with van der Waals surface area (Å²) in [4.78, 5) is 12.1. The fraction of sp³-hybridized carbons (Fsp3) is 0.500. The normalized spacial score (nSPS) is 20.2. The predicted molar refractivity (Wildman–Crippen MR) is 87.3 cm³/mol. The number of nitrogens with zero attached hydrogens (tertiary/aromatic N) is 1. The molecule has 0 saturated carbocycles. The molecule has 1 aromatic carbocycles. The van der Waals surface area contributed by atoms with E-state index in [1.54, 1.807) is 31.2 Å². The monoisotopic (exact) mass is 423 g/mol. The summed E-state index contributed by atoms with van der Waals surface area (Å²) in [7, 11) is -3.54. The maximum Gasteiger partial charge on any atom is 0.310 e. The standard InChI is InChI=1S/C14H18INO4S/c1-2-20-14(17)11-4-3-9-16(10-11)21(18,19)13-7-5-12(15)6-8-13/h5-8,11H,2-4,9-10H2,1H3/t11-/m1/s1. The van der Waals surface area contributed by atoms with E-state index in [9.17, 15) is 13.2 Å². The molecule has 1 saturated heterocycles. The van der Waals surface area contributed by atoms with Crippen LogP contribution in [0.5, 0.6) is 0 Å². The first-order valence-electron chi connectivity index (χ1n) is 6.87. The van der Waals surface area contributed by atoms with Crippen LogP contribution in [-0.2, 0) is 19.6 Å². The van der Waals surface area contributed by atoms with E-state index in [2.05, 4.69) is 22.6 Å². The van der Waals surface area contributed by atoms with Gasteiger partial charge in [0.25, 0.3) is 0 Å². The van der Waals surface area contributed by atoms with E-state index < -0.39 is 10.0 Å². The van der Waals surface area contributed by atoms with Gasteiger partial charge in [-0.2, -0.15) is 4.31 Å². The quantitative estimate of drug-likeness (QED) is 0.551. The molecule has 21 heavy (non-hydrogen) atoms. The molecule has 1 heterocycles. The van der Waals surface area contributed by atoms with Crippen LogP contribution in [0.3, 0.4) is 0 Å². The van der Waals surface area contributed by atoms with Crippen LogP contribution in [-0.4, -0.2) is 38.4 Å². The Morgan fingerprint density at radius 3 is 2.67 bits per heavy atom. The Labute approximate surface area is 138 Å². The Morgan fingerprint density at radius 2 is 2.05 bits per heavy atom. The maximum absolute atomic E-state index is 12.6. The number of halogens is 1. The van der Waals surface area contributed by atoms with Crippen LogP contribution in [0.2, 0.25) is 0 Å². The van der Waals surface area contributed by atoms with Crippen LogP contribution in [0.15, 0.2) is 29.2 Å². The minimum atomic E-state index is -3.54. The lowest BCUT2D eigenvalue weighted by Gasteiger charge is -2.30. The van der Waals surface area contributed by atoms with Gasteiger partial charge in [0.2, 0.25) is 10.0 Å². The second kappa shape index (κ2) is 7.06. The summed E-state index contributed by atoms with van der Waals surface area (Å²) in [5, 5.41) is 0. The lowest BCUT2D eigenvalue weighted by molar-refractivity contribution is -0.149. The van der Waals surface area contributed by atoms with Crippen molar-refractivity contribution < 1.29 is 17.9 Å². The highest BCUT2D eigenvalue weighted by atomic mass is 127. The maximum atomic E-state index is 12.6. The van der Waals surface area contributed by atoms with Crippen molar-refractivity contribution in [1.29, 1.82) is 0 Å². The first kappa shape index (κ1) is 16.7. The highest BCUT2D eigenvalue weighted by Gasteiger charge is 2.33. The molecular weight excluding hydrogens is 405 g/mol. The first-order chi connectivity index (χ1) is 9.95. The molecule has 1 aliphatic heterocycles. The molecule has 0 aliphatic carbocycles. The number of rotatable bonds is 4. The van der Waals surface area contributed by atoms with Gasteiger partial charge in [-0.1, -0.05) is 0 Å². The Morgan fingerprint density at radius 1 is 1.38 bits per heavy atom. The van der Waals surface area contributed by atoms with E-state index in [0.717, 1.165) is 3.57 Å². The van der Waals surface area contributed by atoms with Crippen LogP contribution in [0.4, 0.5) is 0 Å². The van der Waals surface area contributed by atoms with Crippen molar-refractivity contribution in [2.75, 3.05) is 19.7 Å². The second-order valence-corrected chi connectivity index (χ2v) is 8.09. The molecule has 1 atom stereocenters. The topological polar surface area (TPSA) is 63.7 Å². The third kappa shape index (κ3) is 3.95. The predicted octanol–water partition coefficient (Wildman–Crippen LogP) is 2.26. The zero-order chi connectivity index (χ0) is 15.5. The minimum absolute atomic E-state index is 0.202. The van der Waals surface area contributed by atoms with Gasteiger partial charge in [-0.3, -0.25) is 4.79 Å². The van der Waals surface area contributed by atoms with E-state index >= 15 is 0 Å². The van der Waals surface area contributed by atoms with Gasteiger partial charge in [0, 0.05) is 16.7 Å². The smallest absolute Gasteiger partial charge is 0.310 e. The SMILES string of the molecule is CCOC(=O)[C@@H]1CCCN(S(=O)(=O)c2ccc(I)cc2)C1. The minimum Gasteiger partial charge on any atom is -0.466 e. The van der Waals surface area contributed by atoms with Gasteiger partial charge < -0.3 is 4.74 Å². The summed E-state index contributed by atoms with van der Waals surface area (Å²) in [6.07, 6.45) is 1.35. The van der Waals surface area contributed by atoms with Crippen molar-refractivity contribution in [2.45, 2.75) is 24.7 Å². The Hall–Kier alpha value is -0.670. The van der Waals surface area contributed by atoms with Gasteiger partial charge in [0.1, 0.15) is 0 Å². The highest BCUT2D eigenvalue weighted by molar-refractivity contribution is 14.1. The Kier molecular flexibility index (Phi) is 5.61. The number of piperidine rings is 1. The molecule has 5 nitrogen and oxygen atoms in total. The van der Waals surface area contributed by atoms with Gasteiger partial charge in [-0.05, 0) is 66.6 Å². The highest BCUT2D eigenvalue weighted by Crippen LogP contribution is 2.24. The van der Waals surface area contributed by atoms with Crippen molar-refractivity contribution in [1.82, 2.24) is 4.31 Å². The van der Waals surface area contributed by atoms with Crippen molar-refractivity contribution >= 4 is 38.6 Å². The van der Waals surface area contributed by atoms with E-state index in [0.29, 0.717) is 26.0 Å². The summed E-state index contributed by atoms with van der Waals surface area (Å²) in [6.45, 7) is 2.72. The molecule has 0 unspecified atom stereocenters. The van der Waals surface area contributed by atoms with Crippen molar-refractivity contribution in [2.24, 2.45) is 5.92 Å². The molecule has 0 N–H and O–H groups in total. The molecule has 0 amide bonds. The summed E-state index contributed by atoms with van der Waals surface area (Å²) in [6, 6.07) is 6.73. The summed E-state index contributed by atoms with van der Waals surface area (Å²) < 4.78 is 32.6. The summed E-state index contributed by atoms with van der Waals surface area (Å²) >= 11 is 2.13. The average molecular weight is 423 g/mol. The van der Waals surface area contributed by atoms with Crippen molar-refractivity contribution in [3.8, 4) is 0 Å². The van der Waals surface area contributed by atoms with Crippen molar-refractivity contribution in [3.05, 3.63) is 27.8 Å². The lowest BCUT2D eigenvalue weighted by atomic mass is 10.0. The molecule has 1 fully saturated rings. The van der Waals surface area contributed by atoms with Gasteiger partial charge in [0.15, 0.2) is 0 Å². The Balaban J connectivity index is 2.16. The number of benzene rings is 1. The van der Waals surface area contributed by atoms with Crippen LogP contribution < -0.4 is 0 Å². The Bertz CT molecular complexity index is 600. The number of esters is 1. The lowest BCUT2D eigenvalue weighted by Crippen LogP contribution is -2.42. The fourth-order valence-corrected chi connectivity index (χ4v) is 4.25. The molecule has 0 radical (unpaired) electrons. The first-order valence-corrected chi connectivity index (χ1v) is 9.39. The number of hydrogen-bond donors (Lipinski definition) is 0. The molecule has 1 aliphatic rings. The molecule has 1 aromatic rings. The van der Waals surface area contributed by atoms with E-state index in [4.69, 9.17) is 4.74 Å². The number of sulfonamides is 1. The molecule has 0 bridgehead atoms. The van der Waals surface area contributed by atoms with Crippen LogP contribution in [0.25, 0.3) is 0 Å². The van der Waals surface area contributed by atoms with E-state index in [1.807, 2.05) is 0 Å². The van der Waals surface area contributed by atoms with Gasteiger partial charge in [0.05, 0.1) is 17.4 Å². The number of carbonyl (C=O) groups is 1. The molecule has 7 heteroatoms. The largest absolute Gasteiger partial charge is 0.466 e. The average Bonchev–Trinajstić information content (AvgIpc) is 2.48. The van der Waals surface area contributed by atoms with Crippen LogP contribution >= 0.6 is 22.6 Å². The molecular formula is C14H18INO4S. The summed E-state index contributed by atoms with van der Waals surface area (Å²) in [5.74, 6) is -0.669. The van der Waals surface area contributed by atoms with E-state index in [1.165, 1.54) is 4.31 Å². The number of carbonyl (C=O) groups excluding carboxylic acids is 1. The number of ether oxygens (including phenoxy) is 1. The van der Waals surface area contributed by atoms with Crippen LogP contribution in [0, 0.1) is 9.49 Å². The van der Waals surface area contributed by atoms with Gasteiger partial charge in [-0.15, -0.1) is 0 Å². The van der Waals surface area contributed by atoms with E-state index in [-0.39, 0.29) is 23.3 Å².